The normalized spacial score (nSPS) is 11.5. The molecule has 0 fully saturated rings. The van der Waals surface area contributed by atoms with Gasteiger partial charge in [-0.3, -0.25) is 4.90 Å². The third-order valence-corrected chi connectivity index (χ3v) is 2.94. The topological polar surface area (TPSA) is 24.5 Å². The third kappa shape index (κ3) is 6.14. The molecule has 19 heavy (non-hydrogen) atoms. The molecule has 0 aliphatic heterocycles. The standard InChI is InChI=1S/C15H25FN2O/c1-12(2)17-10-13-5-6-15(16)14(9-13)11-18(3)7-8-19-4/h5-6,9,12,17H,7-8,10-11H2,1-4H3. The fourth-order valence-electron chi connectivity index (χ4n) is 1.80. The van der Waals surface area contributed by atoms with Gasteiger partial charge >= 0.3 is 0 Å². The molecule has 0 saturated heterocycles. The van der Waals surface area contributed by atoms with E-state index in [0.717, 1.165) is 24.2 Å². The minimum Gasteiger partial charge on any atom is -0.383 e. The van der Waals surface area contributed by atoms with E-state index >= 15 is 0 Å². The van der Waals surface area contributed by atoms with Crippen molar-refractivity contribution in [3.8, 4) is 0 Å². The summed E-state index contributed by atoms with van der Waals surface area (Å²) in [5.41, 5.74) is 1.85. The van der Waals surface area contributed by atoms with Crippen molar-refractivity contribution in [1.82, 2.24) is 10.2 Å². The van der Waals surface area contributed by atoms with E-state index < -0.39 is 0 Å². The third-order valence-electron chi connectivity index (χ3n) is 2.94. The van der Waals surface area contributed by atoms with Crippen LogP contribution in [0.2, 0.25) is 0 Å². The van der Waals surface area contributed by atoms with Gasteiger partial charge in [-0.15, -0.1) is 0 Å². The first kappa shape index (κ1) is 16.1. The van der Waals surface area contributed by atoms with Crippen LogP contribution in [-0.2, 0) is 17.8 Å². The molecule has 1 rings (SSSR count). The number of nitrogens with zero attached hydrogens (tertiary/aromatic N) is 1. The van der Waals surface area contributed by atoms with Crippen molar-refractivity contribution in [2.75, 3.05) is 27.3 Å². The number of rotatable bonds is 8. The fraction of sp³-hybridized carbons (Fsp3) is 0.600. The average Bonchev–Trinajstić information content (AvgIpc) is 2.37. The van der Waals surface area contributed by atoms with Crippen LogP contribution in [-0.4, -0.2) is 38.3 Å². The highest BCUT2D eigenvalue weighted by atomic mass is 19.1. The lowest BCUT2D eigenvalue weighted by atomic mass is 10.1. The molecule has 3 nitrogen and oxygen atoms in total. The number of ether oxygens (including phenoxy) is 1. The SMILES string of the molecule is COCCN(C)Cc1cc(CNC(C)C)ccc1F. The molecule has 0 aliphatic rings. The molecule has 0 unspecified atom stereocenters. The fourth-order valence-corrected chi connectivity index (χ4v) is 1.80. The van der Waals surface area contributed by atoms with E-state index in [2.05, 4.69) is 24.1 Å². The highest BCUT2D eigenvalue weighted by molar-refractivity contribution is 5.25. The van der Waals surface area contributed by atoms with Crippen LogP contribution >= 0.6 is 0 Å². The number of nitrogens with one attached hydrogen (secondary N) is 1. The van der Waals surface area contributed by atoms with E-state index in [1.165, 1.54) is 0 Å². The Labute approximate surface area is 115 Å². The Morgan fingerprint density at radius 1 is 1.37 bits per heavy atom. The molecule has 0 spiro atoms. The zero-order valence-corrected chi connectivity index (χ0v) is 12.4. The molecular weight excluding hydrogens is 243 g/mol. The summed E-state index contributed by atoms with van der Waals surface area (Å²) >= 11 is 0. The van der Waals surface area contributed by atoms with Gasteiger partial charge in [0.25, 0.3) is 0 Å². The van der Waals surface area contributed by atoms with Gasteiger partial charge in [0.2, 0.25) is 0 Å². The Bertz CT molecular complexity index is 382. The molecule has 1 aromatic carbocycles. The minimum atomic E-state index is -0.141. The Morgan fingerprint density at radius 3 is 2.74 bits per heavy atom. The first-order valence-electron chi connectivity index (χ1n) is 6.71. The lowest BCUT2D eigenvalue weighted by molar-refractivity contribution is 0.158. The Kier molecular flexibility index (Phi) is 6.99. The summed E-state index contributed by atoms with van der Waals surface area (Å²) in [5.74, 6) is -0.141. The minimum absolute atomic E-state index is 0.141. The Hall–Kier alpha value is -0.970. The van der Waals surface area contributed by atoms with Crippen LogP contribution in [0.25, 0.3) is 0 Å². The van der Waals surface area contributed by atoms with Crippen LogP contribution in [0.4, 0.5) is 4.39 Å². The van der Waals surface area contributed by atoms with E-state index in [1.807, 2.05) is 19.2 Å². The van der Waals surface area contributed by atoms with E-state index in [4.69, 9.17) is 4.74 Å². The molecule has 0 bridgehead atoms. The van der Waals surface area contributed by atoms with Gasteiger partial charge in [0.1, 0.15) is 5.82 Å². The average molecular weight is 268 g/mol. The molecular formula is C15H25FN2O. The van der Waals surface area contributed by atoms with Gasteiger partial charge in [-0.2, -0.15) is 0 Å². The number of benzene rings is 1. The quantitative estimate of drug-likeness (QED) is 0.783. The van der Waals surface area contributed by atoms with E-state index in [9.17, 15) is 4.39 Å². The number of halogens is 1. The van der Waals surface area contributed by atoms with E-state index in [0.29, 0.717) is 19.2 Å². The lowest BCUT2D eigenvalue weighted by Crippen LogP contribution is -2.24. The van der Waals surface area contributed by atoms with Crippen molar-refractivity contribution in [2.24, 2.45) is 0 Å². The molecule has 0 saturated carbocycles. The first-order chi connectivity index (χ1) is 9.02. The summed E-state index contributed by atoms with van der Waals surface area (Å²) < 4.78 is 18.8. The van der Waals surface area contributed by atoms with Crippen LogP contribution in [0.3, 0.4) is 0 Å². The largest absolute Gasteiger partial charge is 0.383 e. The molecule has 4 heteroatoms. The molecule has 0 heterocycles. The van der Waals surface area contributed by atoms with Gasteiger partial charge in [0, 0.05) is 38.3 Å². The van der Waals surface area contributed by atoms with Crippen molar-refractivity contribution in [3.05, 3.63) is 35.1 Å². The van der Waals surface area contributed by atoms with Crippen LogP contribution in [0.15, 0.2) is 18.2 Å². The number of methoxy groups -OCH3 is 1. The molecule has 0 aromatic heterocycles. The maximum Gasteiger partial charge on any atom is 0.127 e. The van der Waals surface area contributed by atoms with Gasteiger partial charge in [-0.1, -0.05) is 26.0 Å². The van der Waals surface area contributed by atoms with E-state index in [1.54, 1.807) is 13.2 Å². The van der Waals surface area contributed by atoms with Gasteiger partial charge < -0.3 is 10.1 Å². The molecule has 0 radical (unpaired) electrons. The van der Waals surface area contributed by atoms with Gasteiger partial charge in [0.05, 0.1) is 6.61 Å². The summed E-state index contributed by atoms with van der Waals surface area (Å²) in [5, 5.41) is 3.34. The smallest absolute Gasteiger partial charge is 0.127 e. The second-order valence-electron chi connectivity index (χ2n) is 5.19. The molecule has 0 atom stereocenters. The van der Waals surface area contributed by atoms with E-state index in [-0.39, 0.29) is 5.82 Å². The van der Waals surface area contributed by atoms with Crippen LogP contribution < -0.4 is 5.32 Å². The predicted octanol–water partition coefficient (Wildman–Crippen LogP) is 2.40. The summed E-state index contributed by atoms with van der Waals surface area (Å²) in [6.07, 6.45) is 0. The van der Waals surface area contributed by atoms with Crippen molar-refractivity contribution in [3.63, 3.8) is 0 Å². The van der Waals surface area contributed by atoms with Crippen molar-refractivity contribution >= 4 is 0 Å². The predicted molar refractivity (Wildman–Crippen MR) is 76.6 cm³/mol. The van der Waals surface area contributed by atoms with Crippen molar-refractivity contribution in [2.45, 2.75) is 33.0 Å². The first-order valence-corrected chi connectivity index (χ1v) is 6.71. The number of hydrogen-bond donors (Lipinski definition) is 1. The molecule has 0 amide bonds. The number of hydrogen-bond acceptors (Lipinski definition) is 3. The summed E-state index contributed by atoms with van der Waals surface area (Å²) in [7, 11) is 3.64. The second kappa shape index (κ2) is 8.25. The highest BCUT2D eigenvalue weighted by Crippen LogP contribution is 2.13. The van der Waals surface area contributed by atoms with Crippen LogP contribution in [0.1, 0.15) is 25.0 Å². The van der Waals surface area contributed by atoms with Crippen LogP contribution in [0, 0.1) is 5.82 Å². The summed E-state index contributed by atoms with van der Waals surface area (Å²) in [6.45, 7) is 7.03. The number of likely N-dealkylation sites (N-methyl/N-ethyl adjacent to an activating group) is 1. The zero-order valence-electron chi connectivity index (χ0n) is 12.4. The molecule has 1 N–H and O–H groups in total. The molecule has 1 aromatic rings. The Balaban J connectivity index is 2.63. The van der Waals surface area contributed by atoms with Gasteiger partial charge in [-0.05, 0) is 18.7 Å². The van der Waals surface area contributed by atoms with Gasteiger partial charge in [-0.25, -0.2) is 4.39 Å². The second-order valence-corrected chi connectivity index (χ2v) is 5.19. The lowest BCUT2D eigenvalue weighted by Gasteiger charge is -2.17. The van der Waals surface area contributed by atoms with Crippen molar-refractivity contribution in [1.29, 1.82) is 0 Å². The molecule has 108 valence electrons. The maximum absolute atomic E-state index is 13.8. The summed E-state index contributed by atoms with van der Waals surface area (Å²) in [6, 6.07) is 5.76. The zero-order chi connectivity index (χ0) is 14.3. The molecule has 0 aliphatic carbocycles. The van der Waals surface area contributed by atoms with Gasteiger partial charge in [0.15, 0.2) is 0 Å². The maximum atomic E-state index is 13.8. The Morgan fingerprint density at radius 2 is 2.11 bits per heavy atom. The monoisotopic (exact) mass is 268 g/mol. The van der Waals surface area contributed by atoms with Crippen LogP contribution in [0.5, 0.6) is 0 Å². The highest BCUT2D eigenvalue weighted by Gasteiger charge is 2.07. The van der Waals surface area contributed by atoms with Crippen molar-refractivity contribution < 1.29 is 9.13 Å². The summed E-state index contributed by atoms with van der Waals surface area (Å²) in [4.78, 5) is 2.06.